The van der Waals surface area contributed by atoms with Crippen LogP contribution < -0.4 is 10.6 Å². The maximum Gasteiger partial charge on any atom is 0.320 e. The second kappa shape index (κ2) is 4.97. The van der Waals surface area contributed by atoms with E-state index in [0.717, 1.165) is 5.69 Å². The lowest BCUT2D eigenvalue weighted by atomic mass is 10.2. The lowest BCUT2D eigenvalue weighted by Gasteiger charge is -2.03. The third-order valence-corrected chi connectivity index (χ3v) is 2.51. The molecule has 2 rings (SSSR count). The number of hydrogen-bond acceptors (Lipinski definition) is 5. The highest BCUT2D eigenvalue weighted by molar-refractivity contribution is 5.52. The number of nitrogens with one attached hydrogen (secondary N) is 2. The molecule has 0 radical (unpaired) electrons. The first-order valence-electron chi connectivity index (χ1n) is 5.53. The van der Waals surface area contributed by atoms with Crippen LogP contribution in [0.2, 0.25) is 0 Å². The van der Waals surface area contributed by atoms with E-state index in [1.54, 1.807) is 0 Å². The Kier molecular flexibility index (Phi) is 3.39. The van der Waals surface area contributed by atoms with Crippen LogP contribution in [0.3, 0.4) is 0 Å². The van der Waals surface area contributed by atoms with E-state index in [2.05, 4.69) is 20.8 Å². The summed E-state index contributed by atoms with van der Waals surface area (Å²) in [5.41, 5.74) is 2.12. The first-order chi connectivity index (χ1) is 8.19. The Bertz CT molecular complexity index is 495. The maximum absolute atomic E-state index is 5.48. The number of nitrogens with zero attached hydrogens (tertiary/aromatic N) is 2. The van der Waals surface area contributed by atoms with Crippen molar-refractivity contribution >= 4 is 11.7 Å². The molecular formula is C12H16N4O. The van der Waals surface area contributed by atoms with Crippen molar-refractivity contribution in [2.24, 2.45) is 0 Å². The van der Waals surface area contributed by atoms with Crippen molar-refractivity contribution in [1.29, 1.82) is 0 Å². The highest BCUT2D eigenvalue weighted by atomic mass is 16.4. The number of hydrogen-bond donors (Lipinski definition) is 2. The number of rotatable bonds is 4. The summed E-state index contributed by atoms with van der Waals surface area (Å²) in [4.78, 5) is 0. The second-order valence-electron chi connectivity index (χ2n) is 3.95. The van der Waals surface area contributed by atoms with Gasteiger partial charge in [-0.15, -0.1) is 5.10 Å². The largest absolute Gasteiger partial charge is 0.406 e. The van der Waals surface area contributed by atoms with E-state index in [9.17, 15) is 0 Å². The molecular weight excluding hydrogens is 216 g/mol. The topological polar surface area (TPSA) is 63.0 Å². The molecule has 0 spiro atoms. The zero-order chi connectivity index (χ0) is 12.3. The standard InChI is InChI=1S/C12H16N4O/c1-8-5-4-6-10(7-8)14-12-16-15-11(17-12)9(2)13-3/h4-7,9,13H,1-3H3,(H,14,16). The first-order valence-corrected chi connectivity index (χ1v) is 5.53. The van der Waals surface area contributed by atoms with Crippen LogP contribution in [-0.2, 0) is 0 Å². The van der Waals surface area contributed by atoms with Gasteiger partial charge in [-0.2, -0.15) is 0 Å². The van der Waals surface area contributed by atoms with Crippen molar-refractivity contribution in [3.05, 3.63) is 35.7 Å². The van der Waals surface area contributed by atoms with Gasteiger partial charge in [0.15, 0.2) is 0 Å². The lowest BCUT2D eigenvalue weighted by molar-refractivity contribution is 0.443. The van der Waals surface area contributed by atoms with Crippen molar-refractivity contribution < 1.29 is 4.42 Å². The predicted octanol–water partition coefficient (Wildman–Crippen LogP) is 2.40. The minimum absolute atomic E-state index is 0.0514. The van der Waals surface area contributed by atoms with Gasteiger partial charge in [-0.05, 0) is 38.6 Å². The van der Waals surface area contributed by atoms with Crippen LogP contribution in [-0.4, -0.2) is 17.2 Å². The molecule has 0 bridgehead atoms. The summed E-state index contributed by atoms with van der Waals surface area (Å²) < 4.78 is 5.48. The monoisotopic (exact) mass is 232 g/mol. The molecule has 0 saturated heterocycles. The van der Waals surface area contributed by atoms with Crippen LogP contribution >= 0.6 is 0 Å². The van der Waals surface area contributed by atoms with Gasteiger partial charge in [0.1, 0.15) is 0 Å². The fraction of sp³-hybridized carbons (Fsp3) is 0.333. The van der Waals surface area contributed by atoms with E-state index < -0.39 is 0 Å². The lowest BCUT2D eigenvalue weighted by Crippen LogP contribution is -2.12. The van der Waals surface area contributed by atoms with Gasteiger partial charge in [-0.3, -0.25) is 0 Å². The molecule has 90 valence electrons. The molecule has 0 amide bonds. The molecule has 0 aliphatic rings. The highest BCUT2D eigenvalue weighted by Crippen LogP contribution is 2.18. The van der Waals surface area contributed by atoms with E-state index >= 15 is 0 Å². The van der Waals surface area contributed by atoms with Crippen LogP contribution in [0.4, 0.5) is 11.7 Å². The van der Waals surface area contributed by atoms with Gasteiger partial charge in [0.05, 0.1) is 6.04 Å². The molecule has 5 nitrogen and oxygen atoms in total. The Morgan fingerprint density at radius 3 is 2.82 bits per heavy atom. The summed E-state index contributed by atoms with van der Waals surface area (Å²) in [6.45, 7) is 4.00. The van der Waals surface area contributed by atoms with Crippen molar-refractivity contribution in [3.63, 3.8) is 0 Å². The van der Waals surface area contributed by atoms with Gasteiger partial charge in [-0.25, -0.2) is 0 Å². The average molecular weight is 232 g/mol. The number of aryl methyl sites for hydroxylation is 1. The Hall–Kier alpha value is -1.88. The zero-order valence-corrected chi connectivity index (χ0v) is 10.2. The summed E-state index contributed by atoms with van der Waals surface area (Å²) in [5, 5.41) is 14.0. The molecule has 0 aliphatic heterocycles. The van der Waals surface area contributed by atoms with Crippen molar-refractivity contribution in [1.82, 2.24) is 15.5 Å². The van der Waals surface area contributed by atoms with E-state index in [1.807, 2.05) is 45.2 Å². The summed E-state index contributed by atoms with van der Waals surface area (Å²) in [5.74, 6) is 0.572. The van der Waals surface area contributed by atoms with Crippen LogP contribution in [0.1, 0.15) is 24.4 Å². The highest BCUT2D eigenvalue weighted by Gasteiger charge is 2.11. The molecule has 2 aromatic rings. The number of benzene rings is 1. The summed E-state index contributed by atoms with van der Waals surface area (Å²) in [7, 11) is 1.85. The van der Waals surface area contributed by atoms with E-state index in [-0.39, 0.29) is 6.04 Å². The summed E-state index contributed by atoms with van der Waals surface area (Å²) in [6.07, 6.45) is 0. The zero-order valence-electron chi connectivity index (χ0n) is 10.2. The van der Waals surface area contributed by atoms with Crippen molar-refractivity contribution in [2.45, 2.75) is 19.9 Å². The fourth-order valence-electron chi connectivity index (χ4n) is 1.43. The molecule has 17 heavy (non-hydrogen) atoms. The molecule has 1 aromatic carbocycles. The van der Waals surface area contributed by atoms with E-state index in [1.165, 1.54) is 5.56 Å². The average Bonchev–Trinajstić information content (AvgIpc) is 2.76. The molecule has 1 atom stereocenters. The minimum Gasteiger partial charge on any atom is -0.406 e. The number of aromatic nitrogens is 2. The minimum atomic E-state index is 0.0514. The van der Waals surface area contributed by atoms with E-state index in [0.29, 0.717) is 11.9 Å². The number of anilines is 2. The van der Waals surface area contributed by atoms with Gasteiger partial charge < -0.3 is 15.1 Å². The van der Waals surface area contributed by atoms with Crippen molar-refractivity contribution in [3.8, 4) is 0 Å². The Labute approximate surface area is 100 Å². The Morgan fingerprint density at radius 1 is 1.29 bits per heavy atom. The Morgan fingerprint density at radius 2 is 2.12 bits per heavy atom. The van der Waals surface area contributed by atoms with Gasteiger partial charge in [0, 0.05) is 5.69 Å². The molecule has 0 fully saturated rings. The molecule has 1 unspecified atom stereocenters. The van der Waals surface area contributed by atoms with E-state index in [4.69, 9.17) is 4.42 Å². The summed E-state index contributed by atoms with van der Waals surface area (Å²) >= 11 is 0. The van der Waals surface area contributed by atoms with Gasteiger partial charge in [-0.1, -0.05) is 17.2 Å². The molecule has 1 heterocycles. The normalized spacial score (nSPS) is 12.4. The third-order valence-electron chi connectivity index (χ3n) is 2.51. The quantitative estimate of drug-likeness (QED) is 0.847. The van der Waals surface area contributed by atoms with Gasteiger partial charge >= 0.3 is 6.01 Å². The molecule has 5 heteroatoms. The third kappa shape index (κ3) is 2.82. The summed E-state index contributed by atoms with van der Waals surface area (Å²) in [6, 6.07) is 8.45. The first kappa shape index (κ1) is 11.6. The maximum atomic E-state index is 5.48. The molecule has 0 saturated carbocycles. The predicted molar refractivity (Wildman–Crippen MR) is 66.2 cm³/mol. The molecule has 0 aliphatic carbocycles. The van der Waals surface area contributed by atoms with Gasteiger partial charge in [0.25, 0.3) is 0 Å². The van der Waals surface area contributed by atoms with Gasteiger partial charge in [0.2, 0.25) is 5.89 Å². The van der Waals surface area contributed by atoms with Crippen LogP contribution in [0, 0.1) is 6.92 Å². The SMILES string of the molecule is CNC(C)c1nnc(Nc2cccc(C)c2)o1. The van der Waals surface area contributed by atoms with Crippen LogP contribution in [0.25, 0.3) is 0 Å². The van der Waals surface area contributed by atoms with Crippen LogP contribution in [0.15, 0.2) is 28.7 Å². The van der Waals surface area contributed by atoms with Crippen molar-refractivity contribution in [2.75, 3.05) is 12.4 Å². The second-order valence-corrected chi connectivity index (χ2v) is 3.95. The van der Waals surface area contributed by atoms with Crippen LogP contribution in [0.5, 0.6) is 0 Å². The molecule has 1 aromatic heterocycles. The Balaban J connectivity index is 2.11. The fourth-order valence-corrected chi connectivity index (χ4v) is 1.43. The molecule has 2 N–H and O–H groups in total. The smallest absolute Gasteiger partial charge is 0.320 e.